The highest BCUT2D eigenvalue weighted by molar-refractivity contribution is 4.92. The number of aliphatic hydroxyl groups excluding tert-OH is 1. The van der Waals surface area contributed by atoms with Crippen LogP contribution in [0.4, 0.5) is 13.2 Å². The van der Waals surface area contributed by atoms with Gasteiger partial charge in [-0.15, -0.1) is 0 Å². The molecule has 0 radical (unpaired) electrons. The molecule has 112 valence electrons. The van der Waals surface area contributed by atoms with Crippen molar-refractivity contribution in [3.63, 3.8) is 0 Å². The van der Waals surface area contributed by atoms with Crippen molar-refractivity contribution in [2.75, 3.05) is 26.4 Å². The Morgan fingerprint density at radius 2 is 1.95 bits per heavy atom. The third kappa shape index (κ3) is 4.05. The second-order valence-corrected chi connectivity index (χ2v) is 5.30. The lowest BCUT2D eigenvalue weighted by atomic mass is 9.84. The number of aliphatic hydroxyl groups is 1. The summed E-state index contributed by atoms with van der Waals surface area (Å²) < 4.78 is 47.8. The van der Waals surface area contributed by atoms with Crippen molar-refractivity contribution in [2.24, 2.45) is 0 Å². The number of ether oxygens (including phenoxy) is 2. The second-order valence-electron chi connectivity index (χ2n) is 5.30. The van der Waals surface area contributed by atoms with E-state index in [9.17, 15) is 13.2 Å². The Morgan fingerprint density at radius 3 is 2.58 bits per heavy atom. The van der Waals surface area contributed by atoms with Gasteiger partial charge in [0.15, 0.2) is 6.10 Å². The van der Waals surface area contributed by atoms with Crippen molar-refractivity contribution in [3.8, 4) is 0 Å². The van der Waals surface area contributed by atoms with E-state index in [2.05, 4.69) is 5.32 Å². The van der Waals surface area contributed by atoms with E-state index in [0.717, 1.165) is 12.8 Å². The van der Waals surface area contributed by atoms with Crippen LogP contribution in [0.25, 0.3) is 0 Å². The van der Waals surface area contributed by atoms with Gasteiger partial charge in [0, 0.05) is 32.4 Å². The minimum atomic E-state index is -4.56. The molecule has 2 aliphatic heterocycles. The van der Waals surface area contributed by atoms with Crippen LogP contribution in [-0.4, -0.2) is 55.4 Å². The van der Waals surface area contributed by atoms with E-state index in [1.165, 1.54) is 0 Å². The minimum absolute atomic E-state index is 0.0381. The average molecular weight is 283 g/mol. The number of hydrogen-bond acceptors (Lipinski definition) is 4. The highest BCUT2D eigenvalue weighted by Gasteiger charge is 2.41. The Bertz CT molecular complexity index is 287. The normalized spacial score (nSPS) is 29.4. The van der Waals surface area contributed by atoms with Gasteiger partial charge in [-0.2, -0.15) is 13.2 Å². The van der Waals surface area contributed by atoms with Gasteiger partial charge in [-0.3, -0.25) is 0 Å². The van der Waals surface area contributed by atoms with E-state index in [1.807, 2.05) is 0 Å². The molecule has 1 spiro atoms. The van der Waals surface area contributed by atoms with Gasteiger partial charge in [-0.25, -0.2) is 0 Å². The van der Waals surface area contributed by atoms with E-state index in [0.29, 0.717) is 32.7 Å². The molecule has 2 rings (SSSR count). The molecule has 0 aromatic rings. The number of nitrogens with one attached hydrogen (secondary N) is 1. The first-order chi connectivity index (χ1) is 8.91. The highest BCUT2D eigenvalue weighted by Crippen LogP contribution is 2.34. The van der Waals surface area contributed by atoms with E-state index in [1.54, 1.807) is 0 Å². The summed E-state index contributed by atoms with van der Waals surface area (Å²) in [7, 11) is 0. The predicted molar refractivity (Wildman–Crippen MR) is 61.8 cm³/mol. The second kappa shape index (κ2) is 5.95. The van der Waals surface area contributed by atoms with Crippen LogP contribution in [-0.2, 0) is 9.47 Å². The number of rotatable bonds is 3. The standard InChI is InChI=1S/C12H20F3NO3/c13-12(14,15)10(17)8-16-9-1-4-19-11(7-9)2-5-18-6-3-11/h9-10,16-17H,1-8H2. The van der Waals surface area contributed by atoms with Crippen LogP contribution in [0.15, 0.2) is 0 Å². The molecule has 19 heavy (non-hydrogen) atoms. The van der Waals surface area contributed by atoms with Gasteiger partial charge in [0.05, 0.1) is 5.60 Å². The molecule has 2 atom stereocenters. The van der Waals surface area contributed by atoms with Crippen LogP contribution in [0.2, 0.25) is 0 Å². The molecule has 2 unspecified atom stereocenters. The first kappa shape index (κ1) is 15.0. The Morgan fingerprint density at radius 1 is 1.26 bits per heavy atom. The maximum Gasteiger partial charge on any atom is 0.415 e. The summed E-state index contributed by atoms with van der Waals surface area (Å²) in [5.74, 6) is 0. The number of alkyl halides is 3. The maximum absolute atomic E-state index is 12.2. The first-order valence-corrected chi connectivity index (χ1v) is 6.61. The van der Waals surface area contributed by atoms with E-state index >= 15 is 0 Å². The van der Waals surface area contributed by atoms with Crippen LogP contribution >= 0.6 is 0 Å². The Balaban J connectivity index is 1.81. The number of hydrogen-bond donors (Lipinski definition) is 2. The van der Waals surface area contributed by atoms with Gasteiger partial charge in [0.2, 0.25) is 0 Å². The summed E-state index contributed by atoms with van der Waals surface area (Å²) in [4.78, 5) is 0. The van der Waals surface area contributed by atoms with Gasteiger partial charge >= 0.3 is 6.18 Å². The lowest BCUT2D eigenvalue weighted by Crippen LogP contribution is -2.51. The largest absolute Gasteiger partial charge is 0.415 e. The van der Waals surface area contributed by atoms with Gasteiger partial charge in [-0.05, 0) is 25.7 Å². The molecule has 2 fully saturated rings. The molecule has 7 heteroatoms. The Labute approximate surface area is 110 Å². The zero-order chi connectivity index (χ0) is 13.9. The van der Waals surface area contributed by atoms with Crippen molar-refractivity contribution >= 4 is 0 Å². The lowest BCUT2D eigenvalue weighted by molar-refractivity contribution is -0.203. The molecule has 0 amide bonds. The predicted octanol–water partition coefficient (Wildman–Crippen LogP) is 1.23. The fourth-order valence-corrected chi connectivity index (χ4v) is 2.69. The zero-order valence-electron chi connectivity index (χ0n) is 10.7. The fraction of sp³-hybridized carbons (Fsp3) is 1.00. The Kier molecular flexibility index (Phi) is 4.70. The highest BCUT2D eigenvalue weighted by atomic mass is 19.4. The molecule has 0 bridgehead atoms. The summed E-state index contributed by atoms with van der Waals surface area (Å²) >= 11 is 0. The summed E-state index contributed by atoms with van der Waals surface area (Å²) in [6.45, 7) is 1.36. The SMILES string of the molecule is OC(CNC1CCOC2(CCOCC2)C1)C(F)(F)F. The van der Waals surface area contributed by atoms with Crippen LogP contribution in [0.3, 0.4) is 0 Å². The van der Waals surface area contributed by atoms with E-state index in [-0.39, 0.29) is 11.6 Å². The number of halogens is 3. The summed E-state index contributed by atoms with van der Waals surface area (Å²) in [6.07, 6.45) is -3.94. The summed E-state index contributed by atoms with van der Waals surface area (Å²) in [5, 5.41) is 11.8. The van der Waals surface area contributed by atoms with Crippen LogP contribution in [0.5, 0.6) is 0 Å². The van der Waals surface area contributed by atoms with Crippen molar-refractivity contribution in [3.05, 3.63) is 0 Å². The molecule has 0 aromatic carbocycles. The smallest absolute Gasteiger partial charge is 0.382 e. The van der Waals surface area contributed by atoms with Gasteiger partial charge in [0.25, 0.3) is 0 Å². The molecular weight excluding hydrogens is 263 g/mol. The summed E-state index contributed by atoms with van der Waals surface area (Å²) in [5.41, 5.74) is -0.253. The lowest BCUT2D eigenvalue weighted by Gasteiger charge is -2.43. The molecule has 0 aromatic heterocycles. The fourth-order valence-electron chi connectivity index (χ4n) is 2.69. The van der Waals surface area contributed by atoms with Crippen molar-refractivity contribution in [2.45, 2.75) is 49.6 Å². The topological polar surface area (TPSA) is 50.7 Å². The Hall–Kier alpha value is -0.370. The molecule has 0 saturated carbocycles. The summed E-state index contributed by atoms with van der Waals surface area (Å²) in [6, 6.07) is -0.0381. The first-order valence-electron chi connectivity index (χ1n) is 6.61. The molecule has 2 N–H and O–H groups in total. The molecule has 2 aliphatic rings. The van der Waals surface area contributed by atoms with E-state index < -0.39 is 18.8 Å². The van der Waals surface area contributed by atoms with Gasteiger partial charge < -0.3 is 19.9 Å². The van der Waals surface area contributed by atoms with Gasteiger partial charge in [-0.1, -0.05) is 0 Å². The van der Waals surface area contributed by atoms with Crippen LogP contribution < -0.4 is 5.32 Å². The monoisotopic (exact) mass is 283 g/mol. The van der Waals surface area contributed by atoms with E-state index in [4.69, 9.17) is 14.6 Å². The third-order valence-corrected chi connectivity index (χ3v) is 3.87. The average Bonchev–Trinajstić information content (AvgIpc) is 2.36. The van der Waals surface area contributed by atoms with Crippen molar-refractivity contribution < 1.29 is 27.8 Å². The van der Waals surface area contributed by atoms with Crippen molar-refractivity contribution in [1.29, 1.82) is 0 Å². The van der Waals surface area contributed by atoms with Crippen LogP contribution in [0.1, 0.15) is 25.7 Å². The van der Waals surface area contributed by atoms with Gasteiger partial charge in [0.1, 0.15) is 0 Å². The molecule has 2 heterocycles. The molecule has 4 nitrogen and oxygen atoms in total. The van der Waals surface area contributed by atoms with Crippen LogP contribution in [0, 0.1) is 0 Å². The van der Waals surface area contributed by atoms with Crippen molar-refractivity contribution in [1.82, 2.24) is 5.32 Å². The molecule has 2 saturated heterocycles. The quantitative estimate of drug-likeness (QED) is 0.818. The minimum Gasteiger partial charge on any atom is -0.382 e. The maximum atomic E-state index is 12.2. The molecule has 0 aliphatic carbocycles. The zero-order valence-corrected chi connectivity index (χ0v) is 10.7. The third-order valence-electron chi connectivity index (χ3n) is 3.87. The molecular formula is C12H20F3NO3.